The lowest BCUT2D eigenvalue weighted by Crippen LogP contribution is -2.14. The first-order valence-corrected chi connectivity index (χ1v) is 7.85. The van der Waals surface area contributed by atoms with Crippen LogP contribution in [0.5, 0.6) is 0 Å². The van der Waals surface area contributed by atoms with Crippen LogP contribution in [0.1, 0.15) is 11.5 Å². The minimum atomic E-state index is -0.258. The smallest absolute Gasteiger partial charge is 0.248 e. The lowest BCUT2D eigenvalue weighted by Gasteiger charge is -2.06. The standard InChI is InChI=1S/C15H12ClN3O2S/c1-9-2-3-12(11(16)6-9)17-13(20)7-14-18-19-15(21-14)10-4-5-22-8-10/h2-6,8H,7H2,1H3,(H,17,20). The number of carbonyl (C=O) groups excluding carboxylic acids is 1. The van der Waals surface area contributed by atoms with E-state index in [1.807, 2.05) is 29.8 Å². The van der Waals surface area contributed by atoms with Crippen molar-refractivity contribution in [2.45, 2.75) is 13.3 Å². The first-order chi connectivity index (χ1) is 10.6. The summed E-state index contributed by atoms with van der Waals surface area (Å²) in [5.74, 6) is 0.422. The molecule has 1 aromatic carbocycles. The molecule has 22 heavy (non-hydrogen) atoms. The average molecular weight is 334 g/mol. The van der Waals surface area contributed by atoms with Gasteiger partial charge in [-0.3, -0.25) is 4.79 Å². The minimum absolute atomic E-state index is 0.00133. The fourth-order valence-electron chi connectivity index (χ4n) is 1.88. The Balaban J connectivity index is 1.67. The number of halogens is 1. The summed E-state index contributed by atoms with van der Waals surface area (Å²) >= 11 is 7.62. The van der Waals surface area contributed by atoms with Crippen molar-refractivity contribution in [1.29, 1.82) is 0 Å². The van der Waals surface area contributed by atoms with Crippen molar-refractivity contribution in [1.82, 2.24) is 10.2 Å². The van der Waals surface area contributed by atoms with E-state index in [0.29, 0.717) is 16.6 Å². The molecule has 1 amide bonds. The Labute approximate surface area is 135 Å². The molecule has 0 bridgehead atoms. The molecule has 1 N–H and O–H groups in total. The Morgan fingerprint density at radius 3 is 2.95 bits per heavy atom. The fraction of sp³-hybridized carbons (Fsp3) is 0.133. The third kappa shape index (κ3) is 3.35. The quantitative estimate of drug-likeness (QED) is 0.785. The van der Waals surface area contributed by atoms with Crippen LogP contribution in [0.3, 0.4) is 0 Å². The normalized spacial score (nSPS) is 10.6. The number of benzene rings is 1. The number of rotatable bonds is 4. The van der Waals surface area contributed by atoms with Crippen molar-refractivity contribution in [2.75, 3.05) is 5.32 Å². The first-order valence-electron chi connectivity index (χ1n) is 6.53. The van der Waals surface area contributed by atoms with E-state index in [0.717, 1.165) is 11.1 Å². The maximum Gasteiger partial charge on any atom is 0.248 e. The van der Waals surface area contributed by atoms with Gasteiger partial charge in [0, 0.05) is 10.9 Å². The summed E-state index contributed by atoms with van der Waals surface area (Å²) in [7, 11) is 0. The zero-order valence-electron chi connectivity index (χ0n) is 11.7. The van der Waals surface area contributed by atoms with Gasteiger partial charge in [0.2, 0.25) is 17.7 Å². The molecule has 2 aromatic heterocycles. The third-order valence-electron chi connectivity index (χ3n) is 2.95. The number of anilines is 1. The van der Waals surface area contributed by atoms with Gasteiger partial charge in [0.25, 0.3) is 0 Å². The molecule has 0 aliphatic carbocycles. The molecule has 0 radical (unpaired) electrons. The molecule has 0 aliphatic rings. The van der Waals surface area contributed by atoms with Crippen LogP contribution < -0.4 is 5.32 Å². The monoisotopic (exact) mass is 333 g/mol. The van der Waals surface area contributed by atoms with E-state index in [-0.39, 0.29) is 18.2 Å². The van der Waals surface area contributed by atoms with Crippen molar-refractivity contribution in [3.63, 3.8) is 0 Å². The predicted molar refractivity (Wildman–Crippen MR) is 86.1 cm³/mol. The van der Waals surface area contributed by atoms with Crippen LogP contribution in [0.4, 0.5) is 5.69 Å². The Kier molecular flexibility index (Phi) is 4.22. The number of nitrogens with zero attached hydrogens (tertiary/aromatic N) is 2. The molecule has 112 valence electrons. The van der Waals surface area contributed by atoms with Crippen molar-refractivity contribution in [2.24, 2.45) is 0 Å². The Morgan fingerprint density at radius 1 is 1.36 bits per heavy atom. The van der Waals surface area contributed by atoms with Gasteiger partial charge in [-0.05, 0) is 36.1 Å². The number of hydrogen-bond donors (Lipinski definition) is 1. The van der Waals surface area contributed by atoms with Crippen LogP contribution in [0, 0.1) is 6.92 Å². The van der Waals surface area contributed by atoms with Gasteiger partial charge in [-0.15, -0.1) is 10.2 Å². The van der Waals surface area contributed by atoms with E-state index in [1.165, 1.54) is 0 Å². The topological polar surface area (TPSA) is 68.0 Å². The van der Waals surface area contributed by atoms with E-state index < -0.39 is 0 Å². The van der Waals surface area contributed by atoms with Gasteiger partial charge >= 0.3 is 0 Å². The van der Waals surface area contributed by atoms with Crippen LogP contribution >= 0.6 is 22.9 Å². The van der Waals surface area contributed by atoms with Gasteiger partial charge in [-0.25, -0.2) is 0 Å². The highest BCUT2D eigenvalue weighted by Gasteiger charge is 2.13. The number of amides is 1. The number of aromatic nitrogens is 2. The highest BCUT2D eigenvalue weighted by Crippen LogP contribution is 2.23. The van der Waals surface area contributed by atoms with E-state index in [4.69, 9.17) is 16.0 Å². The lowest BCUT2D eigenvalue weighted by molar-refractivity contribution is -0.115. The van der Waals surface area contributed by atoms with Crippen LogP contribution in [-0.4, -0.2) is 16.1 Å². The molecule has 2 heterocycles. The molecular weight excluding hydrogens is 322 g/mol. The van der Waals surface area contributed by atoms with Crippen molar-refractivity contribution < 1.29 is 9.21 Å². The summed E-state index contributed by atoms with van der Waals surface area (Å²) in [6.07, 6.45) is 0.00133. The van der Waals surface area contributed by atoms with Crippen molar-refractivity contribution >= 4 is 34.5 Å². The summed E-state index contributed by atoms with van der Waals surface area (Å²) in [6, 6.07) is 7.32. The largest absolute Gasteiger partial charge is 0.420 e. The van der Waals surface area contributed by atoms with Gasteiger partial charge in [0.05, 0.1) is 10.7 Å². The SMILES string of the molecule is Cc1ccc(NC(=O)Cc2nnc(-c3ccsc3)o2)c(Cl)c1. The number of carbonyl (C=O) groups is 1. The highest BCUT2D eigenvalue weighted by atomic mass is 35.5. The number of nitrogens with one attached hydrogen (secondary N) is 1. The zero-order valence-corrected chi connectivity index (χ0v) is 13.2. The van der Waals surface area contributed by atoms with Crippen molar-refractivity contribution in [3.05, 3.63) is 51.5 Å². The van der Waals surface area contributed by atoms with Gasteiger partial charge in [-0.1, -0.05) is 17.7 Å². The maximum atomic E-state index is 12.0. The second-order valence-corrected chi connectivity index (χ2v) is 5.91. The summed E-state index contributed by atoms with van der Waals surface area (Å²) in [5.41, 5.74) is 2.45. The number of thiophene rings is 1. The molecule has 3 rings (SSSR count). The first kappa shape index (κ1) is 14.7. The Bertz CT molecular complexity index is 799. The number of aryl methyl sites for hydroxylation is 1. The Morgan fingerprint density at radius 2 is 2.23 bits per heavy atom. The molecule has 0 aliphatic heterocycles. The Hall–Kier alpha value is -2.18. The van der Waals surface area contributed by atoms with E-state index >= 15 is 0 Å². The molecule has 0 atom stereocenters. The molecular formula is C15H12ClN3O2S. The molecule has 5 nitrogen and oxygen atoms in total. The number of hydrogen-bond acceptors (Lipinski definition) is 5. The van der Waals surface area contributed by atoms with Crippen LogP contribution in [0.25, 0.3) is 11.5 Å². The molecule has 3 aromatic rings. The van der Waals surface area contributed by atoms with Crippen LogP contribution in [0.2, 0.25) is 5.02 Å². The summed E-state index contributed by atoms with van der Waals surface area (Å²) in [6.45, 7) is 1.93. The predicted octanol–water partition coefficient (Wildman–Crippen LogP) is 3.94. The summed E-state index contributed by atoms with van der Waals surface area (Å²) in [5, 5.41) is 14.9. The van der Waals surface area contributed by atoms with Gasteiger partial charge in [0.15, 0.2) is 0 Å². The zero-order chi connectivity index (χ0) is 15.5. The second kappa shape index (κ2) is 6.29. The average Bonchev–Trinajstić information content (AvgIpc) is 3.12. The van der Waals surface area contributed by atoms with E-state index in [1.54, 1.807) is 23.5 Å². The lowest BCUT2D eigenvalue weighted by atomic mass is 10.2. The molecule has 0 saturated carbocycles. The van der Waals surface area contributed by atoms with Crippen molar-refractivity contribution in [3.8, 4) is 11.5 Å². The van der Waals surface area contributed by atoms with Gasteiger partial charge in [-0.2, -0.15) is 11.3 Å². The summed E-state index contributed by atoms with van der Waals surface area (Å²) < 4.78 is 5.48. The van der Waals surface area contributed by atoms with Crippen LogP contribution in [0.15, 0.2) is 39.4 Å². The molecule has 0 spiro atoms. The highest BCUT2D eigenvalue weighted by molar-refractivity contribution is 7.08. The molecule has 0 saturated heterocycles. The van der Waals surface area contributed by atoms with Gasteiger partial charge < -0.3 is 9.73 Å². The van der Waals surface area contributed by atoms with E-state index in [9.17, 15) is 4.79 Å². The summed E-state index contributed by atoms with van der Waals surface area (Å²) in [4.78, 5) is 12.0. The molecule has 0 fully saturated rings. The van der Waals surface area contributed by atoms with E-state index in [2.05, 4.69) is 15.5 Å². The third-order valence-corrected chi connectivity index (χ3v) is 3.94. The molecule has 7 heteroatoms. The van der Waals surface area contributed by atoms with Crippen LogP contribution in [-0.2, 0) is 11.2 Å². The maximum absolute atomic E-state index is 12.0. The minimum Gasteiger partial charge on any atom is -0.420 e. The second-order valence-electron chi connectivity index (χ2n) is 4.72. The molecule has 0 unspecified atom stereocenters. The fourth-order valence-corrected chi connectivity index (χ4v) is 2.79. The van der Waals surface area contributed by atoms with Gasteiger partial charge in [0.1, 0.15) is 6.42 Å².